The Morgan fingerprint density at radius 3 is 2.55 bits per heavy atom. The van der Waals surface area contributed by atoms with Gasteiger partial charge in [-0.2, -0.15) is 4.39 Å². The van der Waals surface area contributed by atoms with E-state index >= 15 is 0 Å². The van der Waals surface area contributed by atoms with Crippen LogP contribution in [-0.2, 0) is 9.53 Å². The molecule has 0 radical (unpaired) electrons. The predicted octanol–water partition coefficient (Wildman–Crippen LogP) is -0.0728. The van der Waals surface area contributed by atoms with Crippen molar-refractivity contribution in [3.63, 3.8) is 0 Å². The van der Waals surface area contributed by atoms with Gasteiger partial charge in [-0.1, -0.05) is 12.2 Å². The van der Waals surface area contributed by atoms with E-state index in [9.17, 15) is 23.6 Å². The summed E-state index contributed by atoms with van der Waals surface area (Å²) in [4.78, 5) is 49.0. The molecule has 1 fully saturated rings. The summed E-state index contributed by atoms with van der Waals surface area (Å²) in [6.07, 6.45) is 4.84. The highest BCUT2D eigenvalue weighted by atomic mass is 19.1. The van der Waals surface area contributed by atoms with Gasteiger partial charge in [-0.25, -0.2) is 9.36 Å². The number of halogens is 1. The van der Waals surface area contributed by atoms with Gasteiger partial charge in [0.2, 0.25) is 11.7 Å². The zero-order chi connectivity index (χ0) is 16.0. The molecular formula is C14H13FN2O5. The van der Waals surface area contributed by atoms with Crippen molar-refractivity contribution in [3.8, 4) is 0 Å². The van der Waals surface area contributed by atoms with E-state index in [2.05, 4.69) is 0 Å². The number of nitrogens with zero attached hydrogens (tertiary/aromatic N) is 1. The van der Waals surface area contributed by atoms with Crippen molar-refractivity contribution in [1.82, 2.24) is 9.55 Å². The number of carbonyl (C=O) groups excluding carboxylic acids is 2. The minimum atomic E-state index is -1.23. The summed E-state index contributed by atoms with van der Waals surface area (Å²) >= 11 is 0. The number of fused-ring (bicyclic) bond motifs is 2. The van der Waals surface area contributed by atoms with Crippen molar-refractivity contribution in [3.05, 3.63) is 45.0 Å². The molecule has 0 aliphatic heterocycles. The molecule has 0 aromatic carbocycles. The maximum atomic E-state index is 13.4. The van der Waals surface area contributed by atoms with Crippen molar-refractivity contribution < 1.29 is 18.7 Å². The standard InChI is InChI=1S/C14H13FN2O5/c1-22-13(20)10-7-3-2-6(4-7)9(10)12(19)17-5-8(15)11(18)16-14(17)21/h2-3,5-7,9-10H,4H2,1H3,(H,16,18,21)/t6-,7+,9-,10+/m1/s1. The van der Waals surface area contributed by atoms with Crippen LogP contribution < -0.4 is 11.2 Å². The largest absolute Gasteiger partial charge is 0.469 e. The SMILES string of the molecule is COC(=O)[C@@H]1[C@H](C(=O)n2cc(F)c(=O)[nH]c2=O)[C@@H]2C=C[C@H]1C2. The highest BCUT2D eigenvalue weighted by Gasteiger charge is 2.52. The van der Waals surface area contributed by atoms with Crippen molar-refractivity contribution >= 4 is 11.9 Å². The molecular weight excluding hydrogens is 295 g/mol. The molecule has 0 amide bonds. The van der Waals surface area contributed by atoms with E-state index in [1.807, 2.05) is 12.2 Å². The summed E-state index contributed by atoms with van der Waals surface area (Å²) in [5.41, 5.74) is -2.21. The zero-order valence-corrected chi connectivity index (χ0v) is 11.6. The van der Waals surface area contributed by atoms with Crippen LogP contribution in [0.1, 0.15) is 11.2 Å². The first-order valence-corrected chi connectivity index (χ1v) is 6.76. The van der Waals surface area contributed by atoms with E-state index < -0.39 is 40.8 Å². The number of aromatic nitrogens is 2. The fourth-order valence-corrected chi connectivity index (χ4v) is 3.39. The van der Waals surface area contributed by atoms with Gasteiger partial charge in [0, 0.05) is 0 Å². The van der Waals surface area contributed by atoms with E-state index in [1.165, 1.54) is 7.11 Å². The van der Waals surface area contributed by atoms with Gasteiger partial charge in [-0.3, -0.25) is 19.4 Å². The summed E-state index contributed by atoms with van der Waals surface area (Å²) in [5.74, 6) is -4.32. The third-order valence-electron chi connectivity index (χ3n) is 4.35. The minimum Gasteiger partial charge on any atom is -0.469 e. The van der Waals surface area contributed by atoms with E-state index in [0.29, 0.717) is 17.2 Å². The monoisotopic (exact) mass is 308 g/mol. The Morgan fingerprint density at radius 1 is 1.27 bits per heavy atom. The second-order valence-corrected chi connectivity index (χ2v) is 5.47. The molecule has 1 heterocycles. The lowest BCUT2D eigenvalue weighted by Crippen LogP contribution is -2.42. The van der Waals surface area contributed by atoms with Crippen LogP contribution in [0.15, 0.2) is 27.9 Å². The molecule has 8 heteroatoms. The highest BCUT2D eigenvalue weighted by molar-refractivity contribution is 5.88. The number of methoxy groups -OCH3 is 1. The number of carbonyl (C=O) groups is 2. The number of H-pyrrole nitrogens is 1. The van der Waals surface area contributed by atoms with Crippen LogP contribution in [0.2, 0.25) is 0 Å². The summed E-state index contributed by atoms with van der Waals surface area (Å²) in [6, 6.07) is 0. The number of aromatic amines is 1. The van der Waals surface area contributed by atoms with Gasteiger partial charge in [-0.05, 0) is 18.3 Å². The zero-order valence-electron chi connectivity index (χ0n) is 11.6. The molecule has 116 valence electrons. The molecule has 2 bridgehead atoms. The molecule has 3 rings (SSSR count). The van der Waals surface area contributed by atoms with Crippen molar-refractivity contribution in [2.24, 2.45) is 23.7 Å². The van der Waals surface area contributed by atoms with Crippen molar-refractivity contribution in [2.75, 3.05) is 7.11 Å². The van der Waals surface area contributed by atoms with Crippen LogP contribution in [0, 0.1) is 29.5 Å². The Hall–Kier alpha value is -2.51. The molecule has 1 saturated carbocycles. The van der Waals surface area contributed by atoms with E-state index in [-0.39, 0.29) is 11.8 Å². The first kappa shape index (κ1) is 14.4. The Balaban J connectivity index is 2.03. The molecule has 2 aliphatic carbocycles. The Morgan fingerprint density at radius 2 is 1.91 bits per heavy atom. The van der Waals surface area contributed by atoms with Crippen LogP contribution in [-0.4, -0.2) is 28.5 Å². The average molecular weight is 308 g/mol. The summed E-state index contributed by atoms with van der Waals surface area (Å²) in [7, 11) is 1.23. The topological polar surface area (TPSA) is 98.2 Å². The van der Waals surface area contributed by atoms with Gasteiger partial charge in [0.1, 0.15) is 0 Å². The van der Waals surface area contributed by atoms with Crippen LogP contribution in [0.5, 0.6) is 0 Å². The molecule has 7 nitrogen and oxygen atoms in total. The molecule has 2 aliphatic rings. The maximum absolute atomic E-state index is 13.4. The Labute approximate surface area is 123 Å². The summed E-state index contributed by atoms with van der Waals surface area (Å²) in [6.45, 7) is 0. The molecule has 0 unspecified atom stereocenters. The number of ether oxygens (including phenoxy) is 1. The molecule has 4 atom stereocenters. The normalized spacial score (nSPS) is 28.8. The highest BCUT2D eigenvalue weighted by Crippen LogP contribution is 2.48. The summed E-state index contributed by atoms with van der Waals surface area (Å²) in [5, 5.41) is 0. The fraction of sp³-hybridized carbons (Fsp3) is 0.429. The van der Waals surface area contributed by atoms with E-state index in [0.717, 1.165) is 0 Å². The van der Waals surface area contributed by atoms with Gasteiger partial charge in [0.25, 0.3) is 5.56 Å². The van der Waals surface area contributed by atoms with Crippen LogP contribution in [0.4, 0.5) is 4.39 Å². The van der Waals surface area contributed by atoms with Gasteiger partial charge < -0.3 is 4.74 Å². The van der Waals surface area contributed by atoms with Crippen LogP contribution >= 0.6 is 0 Å². The molecule has 1 N–H and O–H groups in total. The van der Waals surface area contributed by atoms with Gasteiger partial charge in [0.05, 0.1) is 25.1 Å². The minimum absolute atomic E-state index is 0.130. The third-order valence-corrected chi connectivity index (χ3v) is 4.35. The number of nitrogens with one attached hydrogen (secondary N) is 1. The van der Waals surface area contributed by atoms with Crippen LogP contribution in [0.25, 0.3) is 0 Å². The number of hydrogen-bond acceptors (Lipinski definition) is 5. The second kappa shape index (κ2) is 5.04. The Kier molecular flexibility index (Phi) is 3.31. The van der Waals surface area contributed by atoms with Gasteiger partial charge >= 0.3 is 11.7 Å². The second-order valence-electron chi connectivity index (χ2n) is 5.47. The number of allylic oxidation sites excluding steroid dienone is 2. The first-order chi connectivity index (χ1) is 10.4. The number of esters is 1. The van der Waals surface area contributed by atoms with Gasteiger partial charge in [0.15, 0.2) is 0 Å². The third kappa shape index (κ3) is 2.02. The van der Waals surface area contributed by atoms with E-state index in [4.69, 9.17) is 4.74 Å². The molecule has 22 heavy (non-hydrogen) atoms. The molecule has 0 spiro atoms. The lowest BCUT2D eigenvalue weighted by molar-refractivity contribution is -0.147. The quantitative estimate of drug-likeness (QED) is 0.609. The first-order valence-electron chi connectivity index (χ1n) is 6.76. The fourth-order valence-electron chi connectivity index (χ4n) is 3.39. The van der Waals surface area contributed by atoms with E-state index in [1.54, 1.807) is 4.98 Å². The number of hydrogen-bond donors (Lipinski definition) is 1. The molecule has 1 aromatic heterocycles. The van der Waals surface area contributed by atoms with Crippen LogP contribution in [0.3, 0.4) is 0 Å². The van der Waals surface area contributed by atoms with Gasteiger partial charge in [-0.15, -0.1) is 0 Å². The van der Waals surface area contributed by atoms with Crippen molar-refractivity contribution in [1.29, 1.82) is 0 Å². The smallest absolute Gasteiger partial charge is 0.335 e. The lowest BCUT2D eigenvalue weighted by atomic mass is 9.82. The predicted molar refractivity (Wildman–Crippen MR) is 71.6 cm³/mol. The summed E-state index contributed by atoms with van der Waals surface area (Å²) < 4.78 is 18.6. The average Bonchev–Trinajstić information content (AvgIpc) is 3.10. The Bertz CT molecular complexity index is 793. The number of rotatable bonds is 2. The maximum Gasteiger partial charge on any atom is 0.335 e. The molecule has 1 aromatic rings. The lowest BCUT2D eigenvalue weighted by Gasteiger charge is -2.24. The molecule has 0 saturated heterocycles. The van der Waals surface area contributed by atoms with Crippen molar-refractivity contribution in [2.45, 2.75) is 6.42 Å².